The second kappa shape index (κ2) is 7.92. The van der Waals surface area contributed by atoms with E-state index in [0.717, 1.165) is 37.5 Å². The van der Waals surface area contributed by atoms with Crippen LogP contribution in [0, 0.1) is 11.2 Å². The zero-order chi connectivity index (χ0) is 21.4. The summed E-state index contributed by atoms with van der Waals surface area (Å²) >= 11 is 0. The third-order valence-corrected chi connectivity index (χ3v) is 6.17. The van der Waals surface area contributed by atoms with Crippen LogP contribution in [0.1, 0.15) is 26.7 Å². The second-order valence-corrected chi connectivity index (χ2v) is 8.78. The number of pyridine rings is 1. The SMILES string of the molecule is CC(C)Oc1cc(F)ccc1Nc1ncnc2ccc(N3CCC4(CC3)CNC4)nc12. The monoisotopic (exact) mass is 422 g/mol. The van der Waals surface area contributed by atoms with Gasteiger partial charge in [-0.3, -0.25) is 0 Å². The van der Waals surface area contributed by atoms with Crippen molar-refractivity contribution < 1.29 is 9.13 Å². The van der Waals surface area contributed by atoms with E-state index in [4.69, 9.17) is 9.72 Å². The van der Waals surface area contributed by atoms with Crippen molar-refractivity contribution in [3.05, 3.63) is 42.5 Å². The zero-order valence-electron chi connectivity index (χ0n) is 17.9. The van der Waals surface area contributed by atoms with Gasteiger partial charge >= 0.3 is 0 Å². The van der Waals surface area contributed by atoms with Crippen molar-refractivity contribution in [3.8, 4) is 5.75 Å². The van der Waals surface area contributed by atoms with Crippen molar-refractivity contribution in [2.75, 3.05) is 36.4 Å². The van der Waals surface area contributed by atoms with Gasteiger partial charge in [-0.15, -0.1) is 0 Å². The molecule has 162 valence electrons. The predicted octanol–water partition coefficient (Wildman–Crippen LogP) is 3.88. The minimum atomic E-state index is -0.348. The maximum absolute atomic E-state index is 13.8. The Labute approximate surface area is 181 Å². The fraction of sp³-hybridized carbons (Fsp3) is 0.435. The van der Waals surface area contributed by atoms with E-state index >= 15 is 0 Å². The Hall–Kier alpha value is -3.00. The molecule has 3 aromatic rings. The second-order valence-electron chi connectivity index (χ2n) is 8.78. The summed E-state index contributed by atoms with van der Waals surface area (Å²) in [6.45, 7) is 8.08. The third-order valence-electron chi connectivity index (χ3n) is 6.17. The normalized spacial score (nSPS) is 17.7. The highest BCUT2D eigenvalue weighted by Crippen LogP contribution is 2.37. The maximum Gasteiger partial charge on any atom is 0.160 e. The molecule has 4 heterocycles. The fourth-order valence-electron chi connectivity index (χ4n) is 4.32. The number of hydrogen-bond donors (Lipinski definition) is 2. The lowest BCUT2D eigenvalue weighted by molar-refractivity contribution is 0.126. The number of halogens is 1. The van der Waals surface area contributed by atoms with Crippen molar-refractivity contribution in [3.63, 3.8) is 0 Å². The van der Waals surface area contributed by atoms with Gasteiger partial charge in [0.25, 0.3) is 0 Å². The number of benzene rings is 1. The molecule has 0 amide bonds. The summed E-state index contributed by atoms with van der Waals surface area (Å²) in [7, 11) is 0. The first-order valence-electron chi connectivity index (χ1n) is 10.8. The zero-order valence-corrected chi connectivity index (χ0v) is 17.9. The van der Waals surface area contributed by atoms with Crippen LogP contribution in [0.3, 0.4) is 0 Å². The summed E-state index contributed by atoms with van der Waals surface area (Å²) in [5.74, 6) is 1.60. The Balaban J connectivity index is 1.44. The van der Waals surface area contributed by atoms with Gasteiger partial charge in [-0.2, -0.15) is 0 Å². The Bertz CT molecular complexity index is 1090. The first-order valence-corrected chi connectivity index (χ1v) is 10.8. The van der Waals surface area contributed by atoms with E-state index in [-0.39, 0.29) is 11.9 Å². The van der Waals surface area contributed by atoms with Crippen LogP contribution < -0.4 is 20.3 Å². The number of ether oxygens (including phenoxy) is 1. The van der Waals surface area contributed by atoms with E-state index in [1.165, 1.54) is 31.3 Å². The summed E-state index contributed by atoms with van der Waals surface area (Å²) in [6.07, 6.45) is 3.79. The van der Waals surface area contributed by atoms with E-state index in [2.05, 4.69) is 25.5 Å². The first kappa shape index (κ1) is 19.9. The quantitative estimate of drug-likeness (QED) is 0.646. The molecule has 0 saturated carbocycles. The van der Waals surface area contributed by atoms with Gasteiger partial charge in [-0.25, -0.2) is 19.3 Å². The maximum atomic E-state index is 13.8. The number of rotatable bonds is 5. The van der Waals surface area contributed by atoms with Crippen LogP contribution in [-0.2, 0) is 0 Å². The minimum Gasteiger partial charge on any atom is -0.489 e. The molecular formula is C23H27FN6O. The van der Waals surface area contributed by atoms with Gasteiger partial charge in [0.05, 0.1) is 17.3 Å². The van der Waals surface area contributed by atoms with Crippen molar-refractivity contribution in [1.29, 1.82) is 0 Å². The largest absolute Gasteiger partial charge is 0.489 e. The van der Waals surface area contributed by atoms with Crippen molar-refractivity contribution >= 4 is 28.4 Å². The van der Waals surface area contributed by atoms with E-state index in [0.29, 0.717) is 28.2 Å². The average Bonchev–Trinajstić information content (AvgIpc) is 2.74. The Morgan fingerprint density at radius 3 is 2.65 bits per heavy atom. The summed E-state index contributed by atoms with van der Waals surface area (Å²) in [5, 5.41) is 6.69. The number of nitrogens with one attached hydrogen (secondary N) is 2. The Morgan fingerprint density at radius 1 is 1.13 bits per heavy atom. The smallest absolute Gasteiger partial charge is 0.160 e. The van der Waals surface area contributed by atoms with E-state index in [1.54, 1.807) is 6.07 Å². The molecule has 1 aromatic carbocycles. The number of nitrogens with zero attached hydrogens (tertiary/aromatic N) is 4. The fourth-order valence-corrected chi connectivity index (χ4v) is 4.32. The first-order chi connectivity index (χ1) is 15.0. The van der Waals surface area contributed by atoms with Gasteiger partial charge < -0.3 is 20.3 Å². The van der Waals surface area contributed by atoms with Crippen molar-refractivity contribution in [2.24, 2.45) is 5.41 Å². The van der Waals surface area contributed by atoms with Crippen molar-refractivity contribution in [2.45, 2.75) is 32.8 Å². The molecule has 2 aromatic heterocycles. The van der Waals surface area contributed by atoms with Crippen LogP contribution in [0.15, 0.2) is 36.7 Å². The number of piperidine rings is 1. The van der Waals surface area contributed by atoms with Gasteiger partial charge in [0.2, 0.25) is 0 Å². The van der Waals surface area contributed by atoms with E-state index in [9.17, 15) is 4.39 Å². The Morgan fingerprint density at radius 2 is 1.94 bits per heavy atom. The van der Waals surface area contributed by atoms with Crippen LogP contribution in [0.25, 0.3) is 11.0 Å². The molecule has 2 aliphatic rings. The van der Waals surface area contributed by atoms with Crippen LogP contribution >= 0.6 is 0 Å². The molecule has 2 saturated heterocycles. The molecule has 0 unspecified atom stereocenters. The van der Waals surface area contributed by atoms with Crippen LogP contribution in [0.2, 0.25) is 0 Å². The molecule has 8 heteroatoms. The molecule has 0 radical (unpaired) electrons. The minimum absolute atomic E-state index is 0.0810. The van der Waals surface area contributed by atoms with E-state index in [1.807, 2.05) is 26.0 Å². The molecule has 0 aliphatic carbocycles. The number of aromatic nitrogens is 3. The molecule has 0 bridgehead atoms. The highest BCUT2D eigenvalue weighted by atomic mass is 19.1. The van der Waals surface area contributed by atoms with Gasteiger partial charge in [-0.05, 0) is 56.4 Å². The molecule has 2 N–H and O–H groups in total. The summed E-state index contributed by atoms with van der Waals surface area (Å²) < 4.78 is 19.6. The van der Waals surface area contributed by atoms with Crippen LogP contribution in [0.4, 0.5) is 21.7 Å². The Kier molecular flexibility index (Phi) is 5.09. The summed E-state index contributed by atoms with van der Waals surface area (Å²) in [6, 6.07) is 8.44. The molecule has 1 spiro atoms. The molecular weight excluding hydrogens is 395 g/mol. The molecule has 31 heavy (non-hydrogen) atoms. The average molecular weight is 423 g/mol. The number of fused-ring (bicyclic) bond motifs is 1. The standard InChI is InChI=1S/C23H27FN6O/c1-15(2)31-19-11-16(24)3-4-17(19)28-22-21-18(26-14-27-22)5-6-20(29-21)30-9-7-23(8-10-30)12-25-13-23/h3-6,11,14-15,25H,7-10,12-13H2,1-2H3,(H,26,27,28). The lowest BCUT2D eigenvalue weighted by atomic mass is 9.73. The number of anilines is 3. The molecule has 5 rings (SSSR count). The summed E-state index contributed by atoms with van der Waals surface area (Å²) in [4.78, 5) is 16.0. The molecule has 2 fully saturated rings. The van der Waals surface area contributed by atoms with Crippen LogP contribution in [-0.4, -0.2) is 47.2 Å². The molecule has 7 nitrogen and oxygen atoms in total. The molecule has 2 aliphatic heterocycles. The summed E-state index contributed by atoms with van der Waals surface area (Å²) in [5.41, 5.74) is 2.56. The molecule has 0 atom stereocenters. The van der Waals surface area contributed by atoms with Crippen molar-refractivity contribution in [1.82, 2.24) is 20.3 Å². The van der Waals surface area contributed by atoms with Gasteiger partial charge in [0.15, 0.2) is 5.82 Å². The topological polar surface area (TPSA) is 75.2 Å². The van der Waals surface area contributed by atoms with Gasteiger partial charge in [0.1, 0.15) is 29.2 Å². The van der Waals surface area contributed by atoms with Gasteiger partial charge in [-0.1, -0.05) is 0 Å². The van der Waals surface area contributed by atoms with Gasteiger partial charge in [0, 0.05) is 32.2 Å². The number of hydrogen-bond acceptors (Lipinski definition) is 7. The lowest BCUT2D eigenvalue weighted by Crippen LogP contribution is -2.58. The highest BCUT2D eigenvalue weighted by molar-refractivity contribution is 5.88. The predicted molar refractivity (Wildman–Crippen MR) is 120 cm³/mol. The highest BCUT2D eigenvalue weighted by Gasteiger charge is 2.39. The van der Waals surface area contributed by atoms with E-state index < -0.39 is 0 Å². The van der Waals surface area contributed by atoms with Crippen LogP contribution in [0.5, 0.6) is 5.75 Å². The third kappa shape index (κ3) is 3.99. The lowest BCUT2D eigenvalue weighted by Gasteiger charge is -2.48.